The number of anilines is 1. The summed E-state index contributed by atoms with van der Waals surface area (Å²) in [6.07, 6.45) is 1.98. The van der Waals surface area contributed by atoms with Crippen molar-refractivity contribution in [2.75, 3.05) is 5.32 Å². The second-order valence-corrected chi connectivity index (χ2v) is 5.22. The van der Waals surface area contributed by atoms with Crippen molar-refractivity contribution in [3.63, 3.8) is 0 Å². The Hall–Kier alpha value is -1.57. The summed E-state index contributed by atoms with van der Waals surface area (Å²) in [6, 6.07) is 6.75. The Balaban J connectivity index is 2.14. The van der Waals surface area contributed by atoms with E-state index in [4.69, 9.17) is 22.6 Å². The van der Waals surface area contributed by atoms with Gasteiger partial charge in [-0.3, -0.25) is 4.79 Å². The minimum absolute atomic E-state index is 0.226. The number of hydrogen-bond acceptors (Lipinski definition) is 3. The van der Waals surface area contributed by atoms with Crippen molar-refractivity contribution in [2.45, 2.75) is 25.3 Å². The first-order valence-electron chi connectivity index (χ1n) is 5.75. The number of halogens is 1. The van der Waals surface area contributed by atoms with Gasteiger partial charge >= 0.3 is 0 Å². The van der Waals surface area contributed by atoms with Gasteiger partial charge in [-0.1, -0.05) is 11.6 Å². The molecule has 1 aromatic rings. The predicted octanol–water partition coefficient (Wildman–Crippen LogP) is 2.28. The molecule has 94 valence electrons. The van der Waals surface area contributed by atoms with Crippen molar-refractivity contribution in [1.29, 1.82) is 5.26 Å². The van der Waals surface area contributed by atoms with E-state index in [1.807, 2.05) is 6.07 Å². The second kappa shape index (κ2) is 4.60. The van der Waals surface area contributed by atoms with Crippen molar-refractivity contribution in [3.05, 3.63) is 28.8 Å². The molecule has 1 atom stereocenters. The first-order chi connectivity index (χ1) is 8.45. The van der Waals surface area contributed by atoms with Crippen LogP contribution in [-0.2, 0) is 4.79 Å². The lowest BCUT2D eigenvalue weighted by atomic mass is 9.96. The normalized spacial score (nSPS) is 17.7. The number of hydrogen-bond donors (Lipinski definition) is 2. The molecule has 0 heterocycles. The molecule has 3 N–H and O–H groups in total. The van der Waals surface area contributed by atoms with Crippen LogP contribution in [0.25, 0.3) is 0 Å². The summed E-state index contributed by atoms with van der Waals surface area (Å²) in [4.78, 5) is 12.0. The summed E-state index contributed by atoms with van der Waals surface area (Å²) in [6.45, 7) is 1.74. The molecule has 1 fully saturated rings. The second-order valence-electron chi connectivity index (χ2n) is 4.82. The van der Waals surface area contributed by atoms with E-state index < -0.39 is 5.54 Å². The number of nitriles is 1. The molecule has 0 bridgehead atoms. The Labute approximate surface area is 111 Å². The van der Waals surface area contributed by atoms with Gasteiger partial charge in [0.25, 0.3) is 0 Å². The van der Waals surface area contributed by atoms with Gasteiger partial charge < -0.3 is 11.1 Å². The Bertz CT molecular complexity index is 530. The fourth-order valence-corrected chi connectivity index (χ4v) is 1.98. The van der Waals surface area contributed by atoms with Gasteiger partial charge in [-0.05, 0) is 43.9 Å². The molecule has 1 aliphatic rings. The molecule has 2 rings (SSSR count). The van der Waals surface area contributed by atoms with Crippen LogP contribution in [0.15, 0.2) is 18.2 Å². The van der Waals surface area contributed by atoms with Crippen LogP contribution in [0.3, 0.4) is 0 Å². The first kappa shape index (κ1) is 12.9. The molecular formula is C13H14ClN3O. The third-order valence-corrected chi connectivity index (χ3v) is 3.59. The van der Waals surface area contributed by atoms with Crippen LogP contribution in [0.5, 0.6) is 0 Å². The van der Waals surface area contributed by atoms with Crippen LogP contribution in [-0.4, -0.2) is 11.4 Å². The summed E-state index contributed by atoms with van der Waals surface area (Å²) in [7, 11) is 0. The van der Waals surface area contributed by atoms with Crippen LogP contribution >= 0.6 is 11.6 Å². The maximum absolute atomic E-state index is 12.0. The van der Waals surface area contributed by atoms with Crippen molar-refractivity contribution >= 4 is 23.2 Å². The Morgan fingerprint density at radius 1 is 1.61 bits per heavy atom. The summed E-state index contributed by atoms with van der Waals surface area (Å²) in [5, 5.41) is 12.0. The van der Waals surface area contributed by atoms with Crippen molar-refractivity contribution < 1.29 is 4.79 Å². The molecule has 18 heavy (non-hydrogen) atoms. The van der Waals surface area contributed by atoms with Crippen molar-refractivity contribution in [2.24, 2.45) is 11.7 Å². The molecule has 1 aliphatic carbocycles. The third-order valence-electron chi connectivity index (χ3n) is 3.26. The van der Waals surface area contributed by atoms with E-state index in [0.717, 1.165) is 12.8 Å². The molecule has 0 aromatic heterocycles. The molecule has 1 saturated carbocycles. The Morgan fingerprint density at radius 2 is 2.28 bits per heavy atom. The fourth-order valence-electron chi connectivity index (χ4n) is 1.82. The number of nitrogens with one attached hydrogen (secondary N) is 1. The number of amides is 1. The average molecular weight is 264 g/mol. The van der Waals surface area contributed by atoms with Gasteiger partial charge in [-0.2, -0.15) is 5.26 Å². The highest BCUT2D eigenvalue weighted by Crippen LogP contribution is 2.38. The highest BCUT2D eigenvalue weighted by molar-refractivity contribution is 6.31. The Morgan fingerprint density at radius 3 is 2.83 bits per heavy atom. The lowest BCUT2D eigenvalue weighted by Crippen LogP contribution is -2.50. The standard InChI is InChI=1S/C13H14ClN3O/c1-13(16,9-2-3-9)12(18)17-10-4-5-11(14)8(6-10)7-15/h4-6,9H,2-3,16H2,1H3,(H,17,18). The fraction of sp³-hybridized carbons (Fsp3) is 0.385. The number of nitrogens with zero attached hydrogens (tertiary/aromatic N) is 1. The summed E-state index contributed by atoms with van der Waals surface area (Å²) in [5.41, 5.74) is 6.03. The molecule has 5 heteroatoms. The number of carbonyl (C=O) groups excluding carboxylic acids is 1. The minimum Gasteiger partial charge on any atom is -0.324 e. The summed E-state index contributed by atoms with van der Waals surface area (Å²) in [5.74, 6) is 0.0245. The zero-order chi connectivity index (χ0) is 13.3. The molecule has 1 aromatic carbocycles. The van der Waals surface area contributed by atoms with E-state index in [-0.39, 0.29) is 11.8 Å². The molecule has 0 spiro atoms. The van der Waals surface area contributed by atoms with E-state index >= 15 is 0 Å². The highest BCUT2D eigenvalue weighted by atomic mass is 35.5. The number of benzene rings is 1. The summed E-state index contributed by atoms with van der Waals surface area (Å²) >= 11 is 5.82. The number of carbonyl (C=O) groups is 1. The molecule has 0 aliphatic heterocycles. The van der Waals surface area contributed by atoms with Crippen molar-refractivity contribution in [3.8, 4) is 6.07 Å². The lowest BCUT2D eigenvalue weighted by molar-refractivity contribution is -0.121. The first-order valence-corrected chi connectivity index (χ1v) is 6.13. The van der Waals surface area contributed by atoms with Gasteiger partial charge in [0.1, 0.15) is 6.07 Å². The third kappa shape index (κ3) is 2.47. The maximum atomic E-state index is 12.0. The molecule has 0 radical (unpaired) electrons. The SMILES string of the molecule is CC(N)(C(=O)Nc1ccc(Cl)c(C#N)c1)C1CC1. The average Bonchev–Trinajstić information content (AvgIpc) is 3.15. The lowest BCUT2D eigenvalue weighted by Gasteiger charge is -2.23. The molecule has 4 nitrogen and oxygen atoms in total. The van der Waals surface area contributed by atoms with Gasteiger partial charge in [-0.15, -0.1) is 0 Å². The van der Waals surface area contributed by atoms with E-state index in [2.05, 4.69) is 5.32 Å². The van der Waals surface area contributed by atoms with Crippen LogP contribution in [0.2, 0.25) is 5.02 Å². The van der Waals surface area contributed by atoms with Gasteiger partial charge in [0.05, 0.1) is 16.1 Å². The Kier molecular flexibility index (Phi) is 3.29. The number of rotatable bonds is 3. The van der Waals surface area contributed by atoms with Gasteiger partial charge in [0, 0.05) is 5.69 Å². The largest absolute Gasteiger partial charge is 0.324 e. The van der Waals surface area contributed by atoms with E-state index in [1.165, 1.54) is 0 Å². The molecule has 1 unspecified atom stereocenters. The maximum Gasteiger partial charge on any atom is 0.244 e. The summed E-state index contributed by atoms with van der Waals surface area (Å²) < 4.78 is 0. The van der Waals surface area contributed by atoms with Crippen LogP contribution in [0.1, 0.15) is 25.3 Å². The smallest absolute Gasteiger partial charge is 0.244 e. The zero-order valence-corrected chi connectivity index (χ0v) is 10.8. The predicted molar refractivity (Wildman–Crippen MR) is 70.1 cm³/mol. The van der Waals surface area contributed by atoms with Crippen LogP contribution < -0.4 is 11.1 Å². The van der Waals surface area contributed by atoms with Crippen LogP contribution in [0.4, 0.5) is 5.69 Å². The molecule has 0 saturated heterocycles. The monoisotopic (exact) mass is 263 g/mol. The number of nitrogens with two attached hydrogens (primary N) is 1. The van der Waals surface area contributed by atoms with E-state index in [1.54, 1.807) is 25.1 Å². The topological polar surface area (TPSA) is 78.9 Å². The van der Waals surface area contributed by atoms with Gasteiger partial charge in [-0.25, -0.2) is 0 Å². The van der Waals surface area contributed by atoms with Crippen LogP contribution in [0, 0.1) is 17.2 Å². The van der Waals surface area contributed by atoms with Gasteiger partial charge in [0.15, 0.2) is 0 Å². The molecule has 1 amide bonds. The van der Waals surface area contributed by atoms with E-state index in [0.29, 0.717) is 16.3 Å². The van der Waals surface area contributed by atoms with Crippen molar-refractivity contribution in [1.82, 2.24) is 0 Å². The quantitative estimate of drug-likeness (QED) is 0.878. The highest BCUT2D eigenvalue weighted by Gasteiger charge is 2.44. The minimum atomic E-state index is -0.855. The molecular weight excluding hydrogens is 250 g/mol. The van der Waals surface area contributed by atoms with E-state index in [9.17, 15) is 4.79 Å². The zero-order valence-electron chi connectivity index (χ0n) is 10.0. The van der Waals surface area contributed by atoms with Gasteiger partial charge in [0.2, 0.25) is 5.91 Å².